The molecule has 0 aliphatic carbocycles. The van der Waals surface area contributed by atoms with Gasteiger partial charge in [0.15, 0.2) is 0 Å². The number of nitrogens with one attached hydrogen (secondary N) is 2. The van der Waals surface area contributed by atoms with E-state index >= 15 is 0 Å². The normalized spacial score (nSPS) is 10.5. The predicted octanol–water partition coefficient (Wildman–Crippen LogP) is 6.37. The summed E-state index contributed by atoms with van der Waals surface area (Å²) in [6.07, 6.45) is 2.01. The Morgan fingerprint density at radius 1 is 1.17 bits per heavy atom. The quantitative estimate of drug-likeness (QED) is 0.569. The van der Waals surface area contributed by atoms with E-state index in [0.29, 0.717) is 22.3 Å². The first-order valence-electron chi connectivity index (χ1n) is 7.78. The average Bonchev–Trinajstić information content (AvgIpc) is 2.53. The van der Waals surface area contributed by atoms with Gasteiger partial charge in [-0.3, -0.25) is 0 Å². The highest BCUT2D eigenvalue weighted by atomic mass is 35.5. The third-order valence-corrected chi connectivity index (χ3v) is 5.25. The van der Waals surface area contributed by atoms with E-state index in [2.05, 4.69) is 17.6 Å². The zero-order valence-electron chi connectivity index (χ0n) is 13.7. The van der Waals surface area contributed by atoms with Crippen LogP contribution in [0.4, 0.5) is 10.5 Å². The number of carbonyl (C=O) groups is 1. The van der Waals surface area contributed by atoms with Crippen LogP contribution in [0.15, 0.2) is 46.2 Å². The van der Waals surface area contributed by atoms with Crippen molar-refractivity contribution in [2.45, 2.75) is 36.5 Å². The number of urea groups is 1. The van der Waals surface area contributed by atoms with Crippen molar-refractivity contribution in [3.8, 4) is 0 Å². The number of hydrogen-bond donors (Lipinski definition) is 2. The van der Waals surface area contributed by atoms with Crippen molar-refractivity contribution >= 4 is 46.7 Å². The molecular weight excluding hydrogens is 363 g/mol. The van der Waals surface area contributed by atoms with Crippen molar-refractivity contribution in [2.75, 3.05) is 11.9 Å². The Hall–Kier alpha value is -1.36. The molecule has 0 unspecified atom stereocenters. The highest BCUT2D eigenvalue weighted by Gasteiger charge is 2.10. The van der Waals surface area contributed by atoms with Gasteiger partial charge in [0, 0.05) is 27.0 Å². The molecule has 128 valence electrons. The Morgan fingerprint density at radius 3 is 2.50 bits per heavy atom. The Balaban J connectivity index is 2.07. The molecule has 0 saturated heterocycles. The average molecular weight is 383 g/mol. The van der Waals surface area contributed by atoms with Crippen molar-refractivity contribution in [1.82, 2.24) is 5.32 Å². The van der Waals surface area contributed by atoms with Crippen LogP contribution in [-0.4, -0.2) is 12.6 Å². The maximum absolute atomic E-state index is 11.8. The molecule has 0 bridgehead atoms. The van der Waals surface area contributed by atoms with Crippen molar-refractivity contribution in [2.24, 2.45) is 0 Å². The summed E-state index contributed by atoms with van der Waals surface area (Å²) in [6.45, 7) is 4.73. The van der Waals surface area contributed by atoms with Crippen LogP contribution in [0.5, 0.6) is 0 Å². The minimum absolute atomic E-state index is 0.211. The summed E-state index contributed by atoms with van der Waals surface area (Å²) < 4.78 is 0. The van der Waals surface area contributed by atoms with Crippen molar-refractivity contribution < 1.29 is 4.79 Å². The first-order valence-corrected chi connectivity index (χ1v) is 9.35. The fourth-order valence-corrected chi connectivity index (χ4v) is 3.50. The van der Waals surface area contributed by atoms with E-state index in [1.807, 2.05) is 37.3 Å². The number of rotatable bonds is 6. The third-order valence-electron chi connectivity index (χ3n) is 3.34. The standard InChI is InChI=1S/C18H20Cl2N2OS/c1-3-4-9-21-18(23)22-14-10-12(2)17(16(20)11-14)24-15-7-5-13(19)6-8-15/h5-8,10-11H,3-4,9H2,1-2H3,(H2,21,22,23). The van der Waals surface area contributed by atoms with Crippen LogP contribution in [0.2, 0.25) is 10.0 Å². The van der Waals surface area contributed by atoms with Gasteiger partial charge in [0.25, 0.3) is 0 Å². The van der Waals surface area contributed by atoms with Crippen LogP contribution in [-0.2, 0) is 0 Å². The van der Waals surface area contributed by atoms with E-state index in [0.717, 1.165) is 28.2 Å². The summed E-state index contributed by atoms with van der Waals surface area (Å²) in [5.74, 6) is 0. The number of benzene rings is 2. The van der Waals surface area contributed by atoms with Gasteiger partial charge in [0.1, 0.15) is 0 Å². The number of unbranched alkanes of at least 4 members (excludes halogenated alkanes) is 1. The lowest BCUT2D eigenvalue weighted by Gasteiger charge is -2.12. The van der Waals surface area contributed by atoms with E-state index in [1.54, 1.807) is 17.8 Å². The minimum Gasteiger partial charge on any atom is -0.338 e. The molecule has 3 nitrogen and oxygen atoms in total. The van der Waals surface area contributed by atoms with E-state index < -0.39 is 0 Å². The smallest absolute Gasteiger partial charge is 0.319 e. The lowest BCUT2D eigenvalue weighted by molar-refractivity contribution is 0.252. The number of hydrogen-bond acceptors (Lipinski definition) is 2. The first kappa shape index (κ1) is 19.0. The zero-order valence-corrected chi connectivity index (χ0v) is 16.0. The molecule has 0 aliphatic heterocycles. The Bertz CT molecular complexity index is 682. The van der Waals surface area contributed by atoms with Gasteiger partial charge in [0.2, 0.25) is 0 Å². The molecule has 2 aromatic carbocycles. The highest BCUT2D eigenvalue weighted by Crippen LogP contribution is 2.38. The molecule has 6 heteroatoms. The number of amides is 2. The van der Waals surface area contributed by atoms with E-state index in [4.69, 9.17) is 23.2 Å². The molecular formula is C18H20Cl2N2OS. The van der Waals surface area contributed by atoms with Crippen LogP contribution in [0, 0.1) is 6.92 Å². The molecule has 2 rings (SSSR count). The topological polar surface area (TPSA) is 41.1 Å². The van der Waals surface area contributed by atoms with Crippen LogP contribution in [0.25, 0.3) is 0 Å². The fourth-order valence-electron chi connectivity index (χ4n) is 2.11. The summed E-state index contributed by atoms with van der Waals surface area (Å²) in [4.78, 5) is 13.9. The van der Waals surface area contributed by atoms with E-state index in [9.17, 15) is 4.79 Å². The molecule has 0 saturated carbocycles. The van der Waals surface area contributed by atoms with Crippen molar-refractivity contribution in [1.29, 1.82) is 0 Å². The number of aryl methyl sites for hydroxylation is 1. The summed E-state index contributed by atoms with van der Waals surface area (Å²) >= 11 is 13.9. The number of carbonyl (C=O) groups excluding carboxylic acids is 1. The second kappa shape index (κ2) is 9.21. The second-order valence-electron chi connectivity index (χ2n) is 5.39. The van der Waals surface area contributed by atoms with Crippen LogP contribution in [0.1, 0.15) is 25.3 Å². The van der Waals surface area contributed by atoms with Crippen LogP contribution >= 0.6 is 35.0 Å². The lowest BCUT2D eigenvalue weighted by atomic mass is 10.2. The number of halogens is 2. The molecule has 0 atom stereocenters. The Kier molecular flexibility index (Phi) is 7.28. The molecule has 0 spiro atoms. The molecule has 2 amide bonds. The monoisotopic (exact) mass is 382 g/mol. The van der Waals surface area contributed by atoms with E-state index in [-0.39, 0.29) is 6.03 Å². The zero-order chi connectivity index (χ0) is 17.5. The number of anilines is 1. The molecule has 0 aliphatic rings. The maximum atomic E-state index is 11.8. The molecule has 2 aromatic rings. The van der Waals surface area contributed by atoms with Gasteiger partial charge in [-0.15, -0.1) is 0 Å². The summed E-state index contributed by atoms with van der Waals surface area (Å²) in [6, 6.07) is 11.1. The fraction of sp³-hybridized carbons (Fsp3) is 0.278. The highest BCUT2D eigenvalue weighted by molar-refractivity contribution is 7.99. The molecule has 0 aromatic heterocycles. The van der Waals surface area contributed by atoms with Gasteiger partial charge in [-0.25, -0.2) is 4.79 Å². The van der Waals surface area contributed by atoms with Gasteiger partial charge in [-0.05, 0) is 55.3 Å². The largest absolute Gasteiger partial charge is 0.338 e. The van der Waals surface area contributed by atoms with Gasteiger partial charge in [-0.1, -0.05) is 48.3 Å². The van der Waals surface area contributed by atoms with Gasteiger partial charge >= 0.3 is 6.03 Å². The SMILES string of the molecule is CCCCNC(=O)Nc1cc(C)c(Sc2ccc(Cl)cc2)c(Cl)c1. The molecule has 2 N–H and O–H groups in total. The molecule has 24 heavy (non-hydrogen) atoms. The summed E-state index contributed by atoms with van der Waals surface area (Å²) in [5, 5.41) is 6.95. The molecule has 0 radical (unpaired) electrons. The summed E-state index contributed by atoms with van der Waals surface area (Å²) in [5.41, 5.74) is 1.69. The third kappa shape index (κ3) is 5.62. The van der Waals surface area contributed by atoms with Crippen LogP contribution in [0.3, 0.4) is 0 Å². The van der Waals surface area contributed by atoms with Crippen molar-refractivity contribution in [3.63, 3.8) is 0 Å². The van der Waals surface area contributed by atoms with Gasteiger partial charge < -0.3 is 10.6 Å². The molecule has 0 heterocycles. The lowest BCUT2D eigenvalue weighted by Crippen LogP contribution is -2.29. The predicted molar refractivity (Wildman–Crippen MR) is 104 cm³/mol. The Labute approximate surface area is 157 Å². The molecule has 0 fully saturated rings. The first-order chi connectivity index (χ1) is 11.5. The Morgan fingerprint density at radius 2 is 1.88 bits per heavy atom. The second-order valence-corrected chi connectivity index (χ2v) is 7.32. The summed E-state index contributed by atoms with van der Waals surface area (Å²) in [7, 11) is 0. The maximum Gasteiger partial charge on any atom is 0.319 e. The minimum atomic E-state index is -0.211. The van der Waals surface area contributed by atoms with Crippen molar-refractivity contribution in [3.05, 3.63) is 52.0 Å². The van der Waals surface area contributed by atoms with Crippen LogP contribution < -0.4 is 10.6 Å². The van der Waals surface area contributed by atoms with E-state index in [1.165, 1.54) is 0 Å². The van der Waals surface area contributed by atoms with Gasteiger partial charge in [0.05, 0.1) is 5.02 Å². The van der Waals surface area contributed by atoms with Gasteiger partial charge in [-0.2, -0.15) is 0 Å².